The predicted molar refractivity (Wildman–Crippen MR) is 129 cm³/mol. The van der Waals surface area contributed by atoms with Crippen LogP contribution in [0.3, 0.4) is 0 Å². The van der Waals surface area contributed by atoms with Crippen molar-refractivity contribution >= 4 is 11.9 Å². The maximum Gasteiger partial charge on any atom is 0.305 e. The van der Waals surface area contributed by atoms with Gasteiger partial charge in [0, 0.05) is 32.7 Å². The molecule has 0 aromatic rings. The molecular weight excluding hydrogens is 408 g/mol. The van der Waals surface area contributed by atoms with E-state index in [1.54, 1.807) is 0 Å². The second-order valence-electron chi connectivity index (χ2n) is 8.51. The van der Waals surface area contributed by atoms with Gasteiger partial charge in [0.2, 0.25) is 0 Å². The van der Waals surface area contributed by atoms with Crippen molar-refractivity contribution in [2.24, 2.45) is 0 Å². The Labute approximate surface area is 197 Å². The third-order valence-corrected chi connectivity index (χ3v) is 5.26. The molecular formula is C26H50O6. The molecule has 0 aliphatic carbocycles. The number of ether oxygens (including phenoxy) is 4. The van der Waals surface area contributed by atoms with E-state index in [4.69, 9.17) is 18.9 Å². The molecule has 0 amide bonds. The van der Waals surface area contributed by atoms with Crippen molar-refractivity contribution < 1.29 is 28.5 Å². The van der Waals surface area contributed by atoms with E-state index in [1.165, 1.54) is 25.7 Å². The van der Waals surface area contributed by atoms with Crippen molar-refractivity contribution in [3.05, 3.63) is 0 Å². The average Bonchev–Trinajstić information content (AvgIpc) is 2.79. The van der Waals surface area contributed by atoms with Crippen LogP contribution in [-0.2, 0) is 28.5 Å². The lowest BCUT2D eigenvalue weighted by Gasteiger charge is -2.18. The fourth-order valence-electron chi connectivity index (χ4n) is 3.17. The first-order chi connectivity index (χ1) is 15.6. The van der Waals surface area contributed by atoms with Crippen LogP contribution in [0.25, 0.3) is 0 Å². The lowest BCUT2D eigenvalue weighted by Crippen LogP contribution is -2.29. The molecule has 0 spiro atoms. The number of esters is 2. The van der Waals surface area contributed by atoms with Crippen LogP contribution in [0.2, 0.25) is 0 Å². The van der Waals surface area contributed by atoms with Gasteiger partial charge >= 0.3 is 11.9 Å². The lowest BCUT2D eigenvalue weighted by molar-refractivity contribution is -0.155. The highest BCUT2D eigenvalue weighted by Crippen LogP contribution is 2.08. The van der Waals surface area contributed by atoms with Crippen molar-refractivity contribution in [3.8, 4) is 0 Å². The van der Waals surface area contributed by atoms with Crippen molar-refractivity contribution in [1.82, 2.24) is 0 Å². The van der Waals surface area contributed by atoms with Gasteiger partial charge in [0.05, 0.1) is 0 Å². The Morgan fingerprint density at radius 3 is 1.53 bits per heavy atom. The van der Waals surface area contributed by atoms with Crippen LogP contribution in [0.15, 0.2) is 0 Å². The molecule has 190 valence electrons. The van der Waals surface area contributed by atoms with Gasteiger partial charge in [-0.1, -0.05) is 78.6 Å². The van der Waals surface area contributed by atoms with Crippen LogP contribution < -0.4 is 0 Å². The molecule has 0 unspecified atom stereocenters. The summed E-state index contributed by atoms with van der Waals surface area (Å²) in [5.74, 6) is -0.416. The van der Waals surface area contributed by atoms with Crippen LogP contribution >= 0.6 is 0 Å². The van der Waals surface area contributed by atoms with Gasteiger partial charge in [-0.3, -0.25) is 9.59 Å². The Balaban J connectivity index is 4.17. The zero-order valence-electron chi connectivity index (χ0n) is 21.2. The summed E-state index contributed by atoms with van der Waals surface area (Å²) in [6.07, 6.45) is 14.3. The lowest BCUT2D eigenvalue weighted by atomic mass is 10.1. The van der Waals surface area contributed by atoms with Crippen molar-refractivity contribution in [1.29, 1.82) is 0 Å². The zero-order valence-corrected chi connectivity index (χ0v) is 21.2. The molecule has 0 bridgehead atoms. The van der Waals surface area contributed by atoms with E-state index >= 15 is 0 Å². The summed E-state index contributed by atoms with van der Waals surface area (Å²) in [5.41, 5.74) is 0. The number of hydrogen-bond donors (Lipinski definition) is 0. The van der Waals surface area contributed by atoms with E-state index in [9.17, 15) is 9.59 Å². The van der Waals surface area contributed by atoms with Crippen LogP contribution in [0.1, 0.15) is 117 Å². The Hall–Kier alpha value is -1.14. The normalized spacial score (nSPS) is 11.1. The molecule has 0 radical (unpaired) electrons. The average molecular weight is 459 g/mol. The molecule has 0 aliphatic rings. The number of carbonyl (C=O) groups is 2. The third-order valence-electron chi connectivity index (χ3n) is 5.26. The second-order valence-corrected chi connectivity index (χ2v) is 8.51. The molecule has 6 nitrogen and oxygen atoms in total. The van der Waals surface area contributed by atoms with Crippen LogP contribution in [0.5, 0.6) is 0 Å². The molecule has 0 rings (SSSR count). The minimum atomic E-state index is -0.432. The van der Waals surface area contributed by atoms with Gasteiger partial charge in [0.25, 0.3) is 0 Å². The van der Waals surface area contributed by atoms with E-state index in [0.29, 0.717) is 26.1 Å². The number of carbonyl (C=O) groups excluding carboxylic acids is 2. The smallest absolute Gasteiger partial charge is 0.305 e. The molecule has 6 heteroatoms. The van der Waals surface area contributed by atoms with Gasteiger partial charge in [-0.25, -0.2) is 0 Å². The first-order valence-corrected chi connectivity index (χ1v) is 13.1. The van der Waals surface area contributed by atoms with Crippen LogP contribution in [-0.4, -0.2) is 51.1 Å². The van der Waals surface area contributed by atoms with E-state index < -0.39 is 6.10 Å². The summed E-state index contributed by atoms with van der Waals surface area (Å²) < 4.78 is 22.2. The van der Waals surface area contributed by atoms with E-state index in [1.807, 2.05) is 0 Å². The van der Waals surface area contributed by atoms with Gasteiger partial charge in [0.1, 0.15) is 19.3 Å². The Bertz CT molecular complexity index is 397. The highest BCUT2D eigenvalue weighted by atomic mass is 16.6. The Kier molecular flexibility index (Phi) is 23.6. The van der Waals surface area contributed by atoms with Crippen molar-refractivity contribution in [3.63, 3.8) is 0 Å². The molecule has 0 fully saturated rings. The number of rotatable bonds is 24. The molecule has 0 heterocycles. The summed E-state index contributed by atoms with van der Waals surface area (Å²) in [5, 5.41) is 0. The van der Waals surface area contributed by atoms with E-state index in [-0.39, 0.29) is 25.2 Å². The second kappa shape index (κ2) is 24.5. The Morgan fingerprint density at radius 1 is 0.562 bits per heavy atom. The molecule has 0 aliphatic heterocycles. The number of unbranched alkanes of at least 4 members (excludes halogenated alkanes) is 9. The van der Waals surface area contributed by atoms with Crippen molar-refractivity contribution in [2.45, 2.75) is 123 Å². The van der Waals surface area contributed by atoms with Gasteiger partial charge < -0.3 is 18.9 Å². The van der Waals surface area contributed by atoms with Gasteiger partial charge in [-0.2, -0.15) is 0 Å². The molecule has 0 N–H and O–H groups in total. The summed E-state index contributed by atoms with van der Waals surface area (Å²) >= 11 is 0. The quantitative estimate of drug-likeness (QED) is 0.123. The molecule has 0 saturated carbocycles. The minimum Gasteiger partial charge on any atom is -0.463 e. The Morgan fingerprint density at radius 2 is 1.03 bits per heavy atom. The summed E-state index contributed by atoms with van der Waals surface area (Å²) in [6, 6.07) is 0. The monoisotopic (exact) mass is 458 g/mol. The first-order valence-electron chi connectivity index (χ1n) is 13.1. The summed E-state index contributed by atoms with van der Waals surface area (Å²) in [4.78, 5) is 24.0. The van der Waals surface area contributed by atoms with Gasteiger partial charge in [-0.15, -0.1) is 0 Å². The van der Waals surface area contributed by atoms with Crippen LogP contribution in [0, 0.1) is 0 Å². The van der Waals surface area contributed by atoms with Crippen molar-refractivity contribution in [2.75, 3.05) is 33.0 Å². The fraction of sp³-hybridized carbons (Fsp3) is 0.923. The molecule has 0 aromatic heterocycles. The highest BCUT2D eigenvalue weighted by Gasteiger charge is 2.15. The van der Waals surface area contributed by atoms with E-state index in [0.717, 1.165) is 64.4 Å². The molecule has 32 heavy (non-hydrogen) atoms. The van der Waals surface area contributed by atoms with E-state index in [2.05, 4.69) is 20.8 Å². The predicted octanol–water partition coefficient (Wildman–Crippen LogP) is 6.39. The SMILES string of the molecule is CCCCCCCC(=O)OCC(COC(=O)CCCCCCC)OCCCOCCCC. The standard InChI is InChI=1S/C26H50O6/c1-4-7-10-12-14-17-25(27)31-22-24(30-21-16-20-29-19-9-6-3)23-32-26(28)18-15-13-11-8-5-2/h24H,4-23H2,1-3H3. The first kappa shape index (κ1) is 30.9. The maximum atomic E-state index is 12.0. The summed E-state index contributed by atoms with van der Waals surface area (Å²) in [7, 11) is 0. The largest absolute Gasteiger partial charge is 0.463 e. The fourth-order valence-corrected chi connectivity index (χ4v) is 3.17. The number of hydrogen-bond acceptors (Lipinski definition) is 6. The zero-order chi connectivity index (χ0) is 23.7. The summed E-state index contributed by atoms with van der Waals surface area (Å²) in [6.45, 7) is 8.61. The molecule has 0 aromatic carbocycles. The highest BCUT2D eigenvalue weighted by molar-refractivity contribution is 5.69. The molecule has 0 saturated heterocycles. The molecule has 0 atom stereocenters. The van der Waals surface area contributed by atoms with Gasteiger partial charge in [0.15, 0.2) is 0 Å². The third kappa shape index (κ3) is 22.1. The van der Waals surface area contributed by atoms with Gasteiger partial charge in [-0.05, 0) is 25.7 Å². The minimum absolute atomic E-state index is 0.119. The maximum absolute atomic E-state index is 12.0. The van der Waals surface area contributed by atoms with Crippen LogP contribution in [0.4, 0.5) is 0 Å². The topological polar surface area (TPSA) is 71.1 Å².